The van der Waals surface area contributed by atoms with Gasteiger partial charge in [0.25, 0.3) is 0 Å². The molecule has 5 nitrogen and oxygen atoms in total. The fraction of sp³-hybridized carbons (Fsp3) is 0.0625. The number of carboxylic acid groups (broad SMARTS) is 1. The second kappa shape index (κ2) is 6.36. The van der Waals surface area contributed by atoms with Crippen molar-refractivity contribution in [3.63, 3.8) is 0 Å². The van der Waals surface area contributed by atoms with Crippen molar-refractivity contribution in [2.45, 2.75) is 6.54 Å². The van der Waals surface area contributed by atoms with Crippen LogP contribution in [-0.2, 0) is 6.54 Å². The molecular weight excluding hydrogens is 298 g/mol. The summed E-state index contributed by atoms with van der Waals surface area (Å²) in [4.78, 5) is 19.5. The summed E-state index contributed by atoms with van der Waals surface area (Å²) in [5.41, 5.74) is 2.12. The van der Waals surface area contributed by atoms with Gasteiger partial charge in [0.15, 0.2) is 0 Å². The van der Waals surface area contributed by atoms with E-state index >= 15 is 0 Å². The van der Waals surface area contributed by atoms with E-state index in [4.69, 9.17) is 5.11 Å². The number of nitrogens with zero attached hydrogens (tertiary/aromatic N) is 3. The van der Waals surface area contributed by atoms with E-state index in [1.807, 2.05) is 28.3 Å². The lowest BCUT2D eigenvalue weighted by Gasteiger charge is -2.06. The van der Waals surface area contributed by atoms with Gasteiger partial charge in [0.2, 0.25) is 0 Å². The summed E-state index contributed by atoms with van der Waals surface area (Å²) in [6.45, 7) is 0.630. The molecule has 1 aromatic carbocycles. The molecule has 0 aliphatic heterocycles. The molecule has 110 valence electrons. The van der Waals surface area contributed by atoms with Gasteiger partial charge in [-0.25, -0.2) is 14.8 Å². The van der Waals surface area contributed by atoms with E-state index < -0.39 is 5.97 Å². The summed E-state index contributed by atoms with van der Waals surface area (Å²) < 4.78 is 1.95. The molecule has 6 heteroatoms. The van der Waals surface area contributed by atoms with Crippen molar-refractivity contribution in [3.8, 4) is 0 Å². The van der Waals surface area contributed by atoms with Gasteiger partial charge in [-0.05, 0) is 23.8 Å². The first-order valence-corrected chi connectivity index (χ1v) is 7.50. The van der Waals surface area contributed by atoms with Gasteiger partial charge in [-0.2, -0.15) is 0 Å². The number of rotatable bonds is 5. The first kappa shape index (κ1) is 14.2. The first-order valence-electron chi connectivity index (χ1n) is 6.62. The smallest absolute Gasteiger partial charge is 0.335 e. The average Bonchev–Trinajstić information content (AvgIpc) is 3.20. The number of carboxylic acids is 1. The molecule has 1 N–H and O–H groups in total. The molecule has 0 amide bonds. The molecule has 0 fully saturated rings. The normalized spacial score (nSPS) is 11.5. The van der Waals surface area contributed by atoms with Gasteiger partial charge >= 0.3 is 5.97 Å². The second-order valence-corrected chi connectivity index (χ2v) is 5.57. The monoisotopic (exact) mass is 311 g/mol. The predicted octanol–water partition coefficient (Wildman–Crippen LogP) is 3.28. The Labute approximate surface area is 131 Å². The van der Waals surface area contributed by atoms with Crippen LogP contribution in [0.1, 0.15) is 20.9 Å². The van der Waals surface area contributed by atoms with E-state index in [-0.39, 0.29) is 5.56 Å². The lowest BCUT2D eigenvalue weighted by atomic mass is 10.1. The van der Waals surface area contributed by atoms with Crippen molar-refractivity contribution in [1.82, 2.24) is 14.5 Å². The Bertz CT molecular complexity index is 793. The number of allylic oxidation sites excluding steroid dienone is 1. The number of hydrogen-bond acceptors (Lipinski definition) is 4. The van der Waals surface area contributed by atoms with Crippen molar-refractivity contribution in [2.75, 3.05) is 0 Å². The first-order chi connectivity index (χ1) is 10.7. The third-order valence-electron chi connectivity index (χ3n) is 3.09. The molecule has 3 aromatic rings. The van der Waals surface area contributed by atoms with Gasteiger partial charge in [-0.3, -0.25) is 0 Å². The number of thiazole rings is 1. The summed E-state index contributed by atoms with van der Waals surface area (Å²) in [6, 6.07) is 6.86. The quantitative estimate of drug-likeness (QED) is 0.785. The van der Waals surface area contributed by atoms with Crippen LogP contribution in [0.3, 0.4) is 0 Å². The molecule has 0 atom stereocenters. The van der Waals surface area contributed by atoms with Gasteiger partial charge in [-0.15, -0.1) is 11.3 Å². The van der Waals surface area contributed by atoms with Crippen molar-refractivity contribution >= 4 is 29.0 Å². The lowest BCUT2D eigenvalue weighted by molar-refractivity contribution is 0.0697. The van der Waals surface area contributed by atoms with Crippen molar-refractivity contribution < 1.29 is 9.90 Å². The number of aromatic carboxylic acids is 1. The highest BCUT2D eigenvalue weighted by Crippen LogP contribution is 2.22. The highest BCUT2D eigenvalue weighted by atomic mass is 32.1. The van der Waals surface area contributed by atoms with Crippen molar-refractivity contribution in [2.24, 2.45) is 0 Å². The van der Waals surface area contributed by atoms with E-state index in [0.29, 0.717) is 6.54 Å². The molecule has 0 saturated carbocycles. The van der Waals surface area contributed by atoms with Crippen LogP contribution in [0.4, 0.5) is 0 Å². The van der Waals surface area contributed by atoms with Gasteiger partial charge < -0.3 is 9.67 Å². The molecule has 22 heavy (non-hydrogen) atoms. The maximum Gasteiger partial charge on any atom is 0.335 e. The van der Waals surface area contributed by atoms with Gasteiger partial charge in [0, 0.05) is 29.5 Å². The standard InChI is InChI=1S/C16H13N3O2S/c20-16(21)13-3-1-2-12(8-13)9-14(15-18-5-7-22-15)10-19-6-4-17-11-19/h1-9,11H,10H2,(H,20,21)/b14-9+. The van der Waals surface area contributed by atoms with Crippen LogP contribution in [0.5, 0.6) is 0 Å². The topological polar surface area (TPSA) is 68.0 Å². The van der Waals surface area contributed by atoms with E-state index in [1.165, 1.54) is 0 Å². The molecule has 0 aliphatic rings. The second-order valence-electron chi connectivity index (χ2n) is 4.67. The Hall–Kier alpha value is -2.73. The Morgan fingerprint density at radius 2 is 2.27 bits per heavy atom. The number of imidazole rings is 1. The Morgan fingerprint density at radius 3 is 2.95 bits per heavy atom. The molecule has 0 aliphatic carbocycles. The maximum atomic E-state index is 11.1. The maximum absolute atomic E-state index is 11.1. The van der Waals surface area contributed by atoms with Crippen LogP contribution in [0, 0.1) is 0 Å². The van der Waals surface area contributed by atoms with Crippen LogP contribution in [0.15, 0.2) is 54.6 Å². The summed E-state index contributed by atoms with van der Waals surface area (Å²) >= 11 is 1.55. The highest BCUT2D eigenvalue weighted by molar-refractivity contribution is 7.10. The van der Waals surface area contributed by atoms with Crippen LogP contribution >= 0.6 is 11.3 Å². The van der Waals surface area contributed by atoms with Crippen LogP contribution in [0.25, 0.3) is 11.6 Å². The van der Waals surface area contributed by atoms with E-state index in [0.717, 1.165) is 16.1 Å². The Balaban J connectivity index is 1.98. The molecule has 2 heterocycles. The van der Waals surface area contributed by atoms with Crippen LogP contribution in [-0.4, -0.2) is 25.6 Å². The number of benzene rings is 1. The molecular formula is C16H13N3O2S. The summed E-state index contributed by atoms with van der Waals surface area (Å²) in [6.07, 6.45) is 9.08. The van der Waals surface area contributed by atoms with E-state index in [9.17, 15) is 4.79 Å². The zero-order chi connectivity index (χ0) is 15.4. The van der Waals surface area contributed by atoms with Crippen LogP contribution < -0.4 is 0 Å². The summed E-state index contributed by atoms with van der Waals surface area (Å²) in [5.74, 6) is -0.930. The molecule has 0 spiro atoms. The minimum absolute atomic E-state index is 0.273. The summed E-state index contributed by atoms with van der Waals surface area (Å²) in [7, 11) is 0. The molecule has 0 radical (unpaired) electrons. The van der Waals surface area contributed by atoms with E-state index in [1.54, 1.807) is 48.3 Å². The largest absolute Gasteiger partial charge is 0.478 e. The van der Waals surface area contributed by atoms with Gasteiger partial charge in [0.1, 0.15) is 5.01 Å². The molecule has 0 bridgehead atoms. The number of aromatic nitrogens is 3. The molecule has 0 saturated heterocycles. The third-order valence-corrected chi connectivity index (χ3v) is 3.94. The number of carbonyl (C=O) groups is 1. The zero-order valence-electron chi connectivity index (χ0n) is 11.6. The van der Waals surface area contributed by atoms with E-state index in [2.05, 4.69) is 9.97 Å². The predicted molar refractivity (Wildman–Crippen MR) is 85.6 cm³/mol. The zero-order valence-corrected chi connectivity index (χ0v) is 12.4. The number of hydrogen-bond donors (Lipinski definition) is 1. The van der Waals surface area contributed by atoms with Gasteiger partial charge in [-0.1, -0.05) is 12.1 Å². The Morgan fingerprint density at radius 1 is 1.36 bits per heavy atom. The summed E-state index contributed by atoms with van der Waals surface area (Å²) in [5, 5.41) is 11.9. The van der Waals surface area contributed by atoms with Gasteiger partial charge in [0.05, 0.1) is 18.4 Å². The lowest BCUT2D eigenvalue weighted by Crippen LogP contribution is -1.99. The molecule has 3 rings (SSSR count). The fourth-order valence-electron chi connectivity index (χ4n) is 2.10. The highest BCUT2D eigenvalue weighted by Gasteiger charge is 2.07. The minimum atomic E-state index is -0.930. The van der Waals surface area contributed by atoms with Crippen molar-refractivity contribution in [3.05, 3.63) is 70.7 Å². The minimum Gasteiger partial charge on any atom is -0.478 e. The molecule has 0 unspecified atom stereocenters. The third kappa shape index (κ3) is 3.29. The molecule has 2 aromatic heterocycles. The SMILES string of the molecule is O=C(O)c1cccc(/C=C(\Cn2ccnc2)c2nccs2)c1. The van der Waals surface area contributed by atoms with Crippen molar-refractivity contribution in [1.29, 1.82) is 0 Å². The average molecular weight is 311 g/mol. The Kier molecular flexibility index (Phi) is 4.11. The fourth-order valence-corrected chi connectivity index (χ4v) is 2.74. The van der Waals surface area contributed by atoms with Crippen LogP contribution in [0.2, 0.25) is 0 Å².